The maximum absolute atomic E-state index is 13.2. The van der Waals surface area contributed by atoms with Crippen LogP contribution in [0, 0.1) is 19.7 Å². The molecule has 0 aliphatic carbocycles. The van der Waals surface area contributed by atoms with Crippen molar-refractivity contribution in [2.75, 3.05) is 12.4 Å². The SMILES string of the molecule is CNC(=O)Cn1nc(NC(=O)N[C@@H](C)c2ccc(F)cc2C)cc1C. The lowest BCUT2D eigenvalue weighted by Gasteiger charge is -2.16. The summed E-state index contributed by atoms with van der Waals surface area (Å²) < 4.78 is 14.7. The number of hydrogen-bond acceptors (Lipinski definition) is 3. The van der Waals surface area contributed by atoms with Crippen molar-refractivity contribution in [2.24, 2.45) is 0 Å². The van der Waals surface area contributed by atoms with Crippen LogP contribution in [0.5, 0.6) is 0 Å². The molecule has 1 aromatic carbocycles. The van der Waals surface area contributed by atoms with Crippen LogP contribution in [-0.4, -0.2) is 28.8 Å². The van der Waals surface area contributed by atoms with Gasteiger partial charge in [-0.15, -0.1) is 0 Å². The van der Waals surface area contributed by atoms with Crippen molar-refractivity contribution in [3.05, 3.63) is 46.9 Å². The zero-order valence-electron chi connectivity index (χ0n) is 14.7. The number of amides is 3. The molecule has 0 spiro atoms. The van der Waals surface area contributed by atoms with E-state index in [-0.39, 0.29) is 24.3 Å². The van der Waals surface area contributed by atoms with Crippen molar-refractivity contribution in [2.45, 2.75) is 33.4 Å². The van der Waals surface area contributed by atoms with Gasteiger partial charge in [0, 0.05) is 18.8 Å². The maximum Gasteiger partial charge on any atom is 0.320 e. The van der Waals surface area contributed by atoms with Crippen LogP contribution >= 0.6 is 0 Å². The molecule has 1 atom stereocenters. The van der Waals surface area contributed by atoms with Crippen LogP contribution in [0.4, 0.5) is 15.0 Å². The smallest absolute Gasteiger partial charge is 0.320 e. The maximum atomic E-state index is 13.2. The van der Waals surface area contributed by atoms with Gasteiger partial charge in [-0.1, -0.05) is 6.07 Å². The lowest BCUT2D eigenvalue weighted by molar-refractivity contribution is -0.121. The molecule has 134 valence electrons. The van der Waals surface area contributed by atoms with Crippen LogP contribution in [0.3, 0.4) is 0 Å². The molecule has 0 aliphatic rings. The molecular weight excluding hydrogens is 325 g/mol. The van der Waals surface area contributed by atoms with E-state index >= 15 is 0 Å². The highest BCUT2D eigenvalue weighted by Gasteiger charge is 2.14. The fourth-order valence-electron chi connectivity index (χ4n) is 2.50. The van der Waals surface area contributed by atoms with Gasteiger partial charge >= 0.3 is 6.03 Å². The van der Waals surface area contributed by atoms with Gasteiger partial charge in [0.2, 0.25) is 5.91 Å². The Kier molecular flexibility index (Phi) is 5.74. The number of nitrogens with zero attached hydrogens (tertiary/aromatic N) is 2. The number of rotatable bonds is 5. The number of nitrogens with one attached hydrogen (secondary N) is 3. The number of anilines is 1. The largest absolute Gasteiger partial charge is 0.358 e. The van der Waals surface area contributed by atoms with Gasteiger partial charge in [-0.05, 0) is 44.0 Å². The monoisotopic (exact) mass is 347 g/mol. The summed E-state index contributed by atoms with van der Waals surface area (Å²) in [4.78, 5) is 23.6. The summed E-state index contributed by atoms with van der Waals surface area (Å²) in [5.41, 5.74) is 2.35. The Morgan fingerprint density at radius 1 is 1.28 bits per heavy atom. The van der Waals surface area contributed by atoms with Gasteiger partial charge in [0.25, 0.3) is 0 Å². The molecule has 0 fully saturated rings. The molecule has 1 aromatic heterocycles. The molecule has 3 amide bonds. The molecule has 0 radical (unpaired) electrons. The highest BCUT2D eigenvalue weighted by molar-refractivity contribution is 5.88. The van der Waals surface area contributed by atoms with Crippen molar-refractivity contribution < 1.29 is 14.0 Å². The molecule has 0 unspecified atom stereocenters. The Balaban J connectivity index is 2.00. The predicted molar refractivity (Wildman–Crippen MR) is 92.7 cm³/mol. The number of carbonyl (C=O) groups excluding carboxylic acids is 2. The quantitative estimate of drug-likeness (QED) is 0.775. The molecule has 0 saturated carbocycles. The lowest BCUT2D eigenvalue weighted by Crippen LogP contribution is -2.31. The average Bonchev–Trinajstić information content (AvgIpc) is 2.85. The van der Waals surface area contributed by atoms with E-state index in [9.17, 15) is 14.0 Å². The number of urea groups is 1. The summed E-state index contributed by atoms with van der Waals surface area (Å²) in [5, 5.41) is 12.1. The third kappa shape index (κ3) is 4.79. The molecule has 8 heteroatoms. The Bertz CT molecular complexity index is 787. The van der Waals surface area contributed by atoms with Crippen molar-refractivity contribution >= 4 is 17.8 Å². The van der Waals surface area contributed by atoms with E-state index in [1.807, 2.05) is 6.92 Å². The normalized spacial score (nSPS) is 11.7. The van der Waals surface area contributed by atoms with Crippen LogP contribution in [0.25, 0.3) is 0 Å². The Morgan fingerprint density at radius 2 is 2.00 bits per heavy atom. The van der Waals surface area contributed by atoms with Crippen molar-refractivity contribution in [1.29, 1.82) is 0 Å². The Morgan fingerprint density at radius 3 is 2.64 bits per heavy atom. The number of hydrogen-bond donors (Lipinski definition) is 3. The van der Waals surface area contributed by atoms with Crippen molar-refractivity contribution in [3.63, 3.8) is 0 Å². The van der Waals surface area contributed by atoms with Crippen LogP contribution in [-0.2, 0) is 11.3 Å². The second-order valence-corrected chi connectivity index (χ2v) is 5.82. The van der Waals surface area contributed by atoms with E-state index in [0.717, 1.165) is 16.8 Å². The molecule has 0 aliphatic heterocycles. The topological polar surface area (TPSA) is 88.1 Å². The van der Waals surface area contributed by atoms with E-state index in [2.05, 4.69) is 21.0 Å². The molecule has 3 N–H and O–H groups in total. The molecule has 2 aromatic rings. The summed E-state index contributed by atoms with van der Waals surface area (Å²) in [7, 11) is 1.55. The second kappa shape index (κ2) is 7.78. The first-order valence-corrected chi connectivity index (χ1v) is 7.88. The van der Waals surface area contributed by atoms with Gasteiger partial charge in [-0.25, -0.2) is 9.18 Å². The zero-order valence-corrected chi connectivity index (χ0v) is 14.7. The molecule has 25 heavy (non-hydrogen) atoms. The molecule has 0 bridgehead atoms. The van der Waals surface area contributed by atoms with Crippen molar-refractivity contribution in [1.82, 2.24) is 20.4 Å². The first kappa shape index (κ1) is 18.4. The molecular formula is C17H22FN5O2. The minimum atomic E-state index is -0.430. The highest BCUT2D eigenvalue weighted by Crippen LogP contribution is 2.18. The minimum absolute atomic E-state index is 0.0802. The van der Waals surface area contributed by atoms with Crippen LogP contribution in [0.1, 0.15) is 29.8 Å². The zero-order chi connectivity index (χ0) is 18.6. The lowest BCUT2D eigenvalue weighted by atomic mass is 10.0. The third-order valence-corrected chi connectivity index (χ3v) is 3.84. The summed E-state index contributed by atoms with van der Waals surface area (Å²) in [6, 6.07) is 5.39. The van der Waals surface area contributed by atoms with Crippen LogP contribution in [0.2, 0.25) is 0 Å². The second-order valence-electron chi connectivity index (χ2n) is 5.82. The summed E-state index contributed by atoms with van der Waals surface area (Å²) in [6.07, 6.45) is 0. The number of aromatic nitrogens is 2. The van der Waals surface area contributed by atoms with Crippen molar-refractivity contribution in [3.8, 4) is 0 Å². The van der Waals surface area contributed by atoms with Gasteiger partial charge in [0.1, 0.15) is 12.4 Å². The fourth-order valence-corrected chi connectivity index (χ4v) is 2.50. The average molecular weight is 347 g/mol. The molecule has 7 nitrogen and oxygen atoms in total. The number of aryl methyl sites for hydroxylation is 2. The van der Waals surface area contributed by atoms with E-state index < -0.39 is 6.03 Å². The van der Waals surface area contributed by atoms with E-state index in [1.54, 1.807) is 33.0 Å². The van der Waals surface area contributed by atoms with Gasteiger partial charge in [-0.2, -0.15) is 5.10 Å². The van der Waals surface area contributed by atoms with E-state index in [4.69, 9.17) is 0 Å². The molecule has 0 saturated heterocycles. The highest BCUT2D eigenvalue weighted by atomic mass is 19.1. The number of benzene rings is 1. The number of likely N-dealkylation sites (N-methyl/N-ethyl adjacent to an activating group) is 1. The fraction of sp³-hybridized carbons (Fsp3) is 0.353. The predicted octanol–water partition coefficient (Wildman–Crippen LogP) is 2.27. The summed E-state index contributed by atoms with van der Waals surface area (Å²) in [5.74, 6) is -0.139. The Hall–Kier alpha value is -2.90. The minimum Gasteiger partial charge on any atom is -0.358 e. The van der Waals surface area contributed by atoms with E-state index in [0.29, 0.717) is 5.82 Å². The van der Waals surface area contributed by atoms with Gasteiger partial charge in [0.05, 0.1) is 6.04 Å². The first-order valence-electron chi connectivity index (χ1n) is 7.88. The number of carbonyl (C=O) groups is 2. The first-order chi connectivity index (χ1) is 11.8. The third-order valence-electron chi connectivity index (χ3n) is 3.84. The van der Waals surface area contributed by atoms with Gasteiger partial charge in [-0.3, -0.25) is 14.8 Å². The Labute approximate surface area is 145 Å². The van der Waals surface area contributed by atoms with Crippen LogP contribution < -0.4 is 16.0 Å². The summed E-state index contributed by atoms with van der Waals surface area (Å²) in [6.45, 7) is 5.48. The standard InChI is InChI=1S/C17H22FN5O2/c1-10-7-13(18)5-6-14(10)12(3)20-17(25)21-15-8-11(2)23(22-15)9-16(24)19-4/h5-8,12H,9H2,1-4H3,(H,19,24)(H2,20,21,22,25)/t12-/m0/s1. The number of halogens is 1. The molecule has 2 rings (SSSR count). The van der Waals surface area contributed by atoms with Crippen LogP contribution in [0.15, 0.2) is 24.3 Å². The van der Waals surface area contributed by atoms with Gasteiger partial charge in [0.15, 0.2) is 5.82 Å². The summed E-state index contributed by atoms with van der Waals surface area (Å²) >= 11 is 0. The van der Waals surface area contributed by atoms with E-state index in [1.165, 1.54) is 16.8 Å². The van der Waals surface area contributed by atoms with Gasteiger partial charge < -0.3 is 10.6 Å². The molecule has 1 heterocycles.